The van der Waals surface area contributed by atoms with Crippen LogP contribution in [0.3, 0.4) is 0 Å². The maximum Gasteiger partial charge on any atom is 0.315 e. The van der Waals surface area contributed by atoms with Crippen LogP contribution in [0.25, 0.3) is 0 Å². The molecule has 2 aromatic heterocycles. The Morgan fingerprint density at radius 3 is 1.49 bits per heavy atom. The molecule has 256 valence electrons. The number of nitrogens with zero attached hydrogens (tertiary/aromatic N) is 4. The molecule has 15 heteroatoms. The highest BCUT2D eigenvalue weighted by molar-refractivity contribution is 6.31. The molecular formula is C34H30Cl2F4N6O3. The number of aromatic nitrogens is 4. The van der Waals surface area contributed by atoms with Crippen LogP contribution in [0, 0.1) is 11.6 Å². The predicted molar refractivity (Wildman–Crippen MR) is 173 cm³/mol. The van der Waals surface area contributed by atoms with Crippen molar-refractivity contribution in [2.45, 2.75) is 55.8 Å². The van der Waals surface area contributed by atoms with Crippen LogP contribution in [0.1, 0.15) is 69.2 Å². The lowest BCUT2D eigenvalue weighted by molar-refractivity contribution is -0.131. The highest BCUT2D eigenvalue weighted by Crippen LogP contribution is 2.51. The normalized spacial score (nSPS) is 15.2. The second-order valence-electron chi connectivity index (χ2n) is 12.0. The number of carbonyl (C=O) groups excluding carboxylic acids is 3. The second-order valence-corrected chi connectivity index (χ2v) is 12.8. The Labute approximate surface area is 288 Å². The van der Waals surface area contributed by atoms with Crippen LogP contribution in [0.5, 0.6) is 0 Å². The van der Waals surface area contributed by atoms with Gasteiger partial charge in [0.15, 0.2) is 11.6 Å². The van der Waals surface area contributed by atoms with E-state index in [1.807, 2.05) is 5.32 Å². The number of amides is 1. The van der Waals surface area contributed by atoms with Crippen LogP contribution in [-0.4, -0.2) is 56.9 Å². The number of ketones is 2. The minimum absolute atomic E-state index is 0.0548. The summed E-state index contributed by atoms with van der Waals surface area (Å²) in [5, 5.41) is 2.03. The summed E-state index contributed by atoms with van der Waals surface area (Å²) in [4.78, 5) is 50.9. The number of benzene rings is 2. The Balaban J connectivity index is 0.000000195. The van der Waals surface area contributed by atoms with Gasteiger partial charge >= 0.3 is 6.43 Å². The summed E-state index contributed by atoms with van der Waals surface area (Å²) in [6.45, 7) is -0.607. The lowest BCUT2D eigenvalue weighted by Gasteiger charge is -2.15. The van der Waals surface area contributed by atoms with Gasteiger partial charge in [-0.15, -0.1) is 0 Å². The number of hydrogen-bond donors (Lipinski definition) is 2. The van der Waals surface area contributed by atoms with Gasteiger partial charge in [-0.05, 0) is 61.1 Å². The first kappa shape index (κ1) is 36.0. The Bertz CT molecular complexity index is 1850. The lowest BCUT2D eigenvalue weighted by Crippen LogP contribution is -2.34. The van der Waals surface area contributed by atoms with Gasteiger partial charge in [-0.3, -0.25) is 14.4 Å². The van der Waals surface area contributed by atoms with Crippen molar-refractivity contribution < 1.29 is 31.9 Å². The number of nitrogens with two attached hydrogens (primary N) is 1. The smallest absolute Gasteiger partial charge is 0.315 e. The molecule has 1 amide bonds. The Morgan fingerprint density at radius 1 is 0.735 bits per heavy atom. The average Bonchev–Trinajstić information content (AvgIpc) is 4.04. The first-order chi connectivity index (χ1) is 23.3. The molecule has 2 heterocycles. The fourth-order valence-electron chi connectivity index (χ4n) is 5.34. The molecule has 2 fully saturated rings. The van der Waals surface area contributed by atoms with E-state index >= 15 is 0 Å². The van der Waals surface area contributed by atoms with E-state index in [2.05, 4.69) is 19.9 Å². The maximum atomic E-state index is 13.4. The van der Waals surface area contributed by atoms with Gasteiger partial charge in [0.2, 0.25) is 0 Å². The third kappa shape index (κ3) is 8.83. The highest BCUT2D eigenvalue weighted by Gasteiger charge is 2.46. The molecule has 0 radical (unpaired) electrons. The molecule has 3 N–H and O–H groups in total. The van der Waals surface area contributed by atoms with Crippen LogP contribution in [0.4, 0.5) is 17.6 Å². The fourth-order valence-corrected chi connectivity index (χ4v) is 5.70. The molecule has 2 aliphatic carbocycles. The second kappa shape index (κ2) is 15.1. The van der Waals surface area contributed by atoms with Crippen molar-refractivity contribution in [1.82, 2.24) is 25.3 Å². The molecule has 4 aromatic rings. The molecule has 2 aliphatic rings. The van der Waals surface area contributed by atoms with Crippen LogP contribution in [0.15, 0.2) is 61.2 Å². The average molecular weight is 718 g/mol. The Morgan fingerprint density at radius 2 is 1.14 bits per heavy atom. The van der Waals surface area contributed by atoms with E-state index < -0.39 is 36.3 Å². The molecule has 2 saturated carbocycles. The van der Waals surface area contributed by atoms with Crippen molar-refractivity contribution in [3.63, 3.8) is 0 Å². The molecule has 2 aromatic carbocycles. The zero-order valence-corrected chi connectivity index (χ0v) is 27.4. The summed E-state index contributed by atoms with van der Waals surface area (Å²) in [5.41, 5.74) is 7.48. The number of Topliss-reactive ketones (excluding diaryl/α,β-unsaturated/α-hetero) is 2. The van der Waals surface area contributed by atoms with E-state index in [4.69, 9.17) is 28.9 Å². The summed E-state index contributed by atoms with van der Waals surface area (Å²) in [6.07, 6.45) is 7.33. The van der Waals surface area contributed by atoms with Crippen molar-refractivity contribution in [1.29, 1.82) is 0 Å². The molecule has 6 rings (SSSR count). The summed E-state index contributed by atoms with van der Waals surface area (Å²) in [6, 6.07) is 9.46. The molecule has 0 unspecified atom stereocenters. The zero-order chi connectivity index (χ0) is 35.3. The van der Waals surface area contributed by atoms with Crippen molar-refractivity contribution in [2.75, 3.05) is 13.1 Å². The summed E-state index contributed by atoms with van der Waals surface area (Å²) in [7, 11) is 0. The molecule has 0 bridgehead atoms. The molecule has 9 nitrogen and oxygen atoms in total. The Kier molecular flexibility index (Phi) is 11.1. The monoisotopic (exact) mass is 716 g/mol. The molecule has 0 aliphatic heterocycles. The maximum absolute atomic E-state index is 13.4. The summed E-state index contributed by atoms with van der Waals surface area (Å²) in [5.74, 6) is -1.99. The third-order valence-corrected chi connectivity index (χ3v) is 9.20. The molecule has 49 heavy (non-hydrogen) atoms. The van der Waals surface area contributed by atoms with Gasteiger partial charge < -0.3 is 11.1 Å². The lowest BCUT2D eigenvalue weighted by atomic mass is 9.92. The van der Waals surface area contributed by atoms with Crippen molar-refractivity contribution in [3.05, 3.63) is 117 Å². The molecule has 0 spiro atoms. The Hall–Kier alpha value is -4.33. The molecular weight excluding hydrogens is 687 g/mol. The van der Waals surface area contributed by atoms with Crippen LogP contribution >= 0.6 is 23.2 Å². The van der Waals surface area contributed by atoms with Crippen LogP contribution < -0.4 is 11.1 Å². The number of hydrogen-bond acceptors (Lipinski definition) is 8. The SMILES string of the molecule is NCC(=O)c1cnc(CC2(c3ccc(F)c(Cl)c3)CC2)nc1.O=C(CNC(=O)C(F)F)c1cnc(CC2(c3ccc(F)c(Cl)c3)CC2)nc1. The van der Waals surface area contributed by atoms with Crippen molar-refractivity contribution >= 4 is 40.7 Å². The molecule has 0 atom stereocenters. The van der Waals surface area contributed by atoms with Gasteiger partial charge in [0, 0.05) is 48.5 Å². The molecule has 0 saturated heterocycles. The number of carbonyl (C=O) groups is 3. The largest absolute Gasteiger partial charge is 0.344 e. The van der Waals surface area contributed by atoms with Gasteiger partial charge in [0.25, 0.3) is 5.91 Å². The topological polar surface area (TPSA) is 141 Å². The summed E-state index contributed by atoms with van der Waals surface area (Å²) >= 11 is 11.7. The predicted octanol–water partition coefficient (Wildman–Crippen LogP) is 5.79. The van der Waals surface area contributed by atoms with E-state index in [-0.39, 0.29) is 38.8 Å². The van der Waals surface area contributed by atoms with Gasteiger partial charge in [0.05, 0.1) is 34.3 Å². The number of halogens is 6. The van der Waals surface area contributed by atoms with Crippen LogP contribution in [0.2, 0.25) is 10.0 Å². The van der Waals surface area contributed by atoms with E-state index in [9.17, 15) is 31.9 Å². The number of rotatable bonds is 12. The minimum atomic E-state index is -3.17. The first-order valence-electron chi connectivity index (χ1n) is 15.2. The van der Waals surface area contributed by atoms with E-state index in [0.29, 0.717) is 30.1 Å². The number of alkyl halides is 2. The summed E-state index contributed by atoms with van der Waals surface area (Å²) < 4.78 is 50.9. The standard InChI is InChI=1S/C18H15ClF3N3O2.C16H15ClFN3O/c19-12-5-11(1-2-13(12)20)18(3-4-18)6-15-23-7-10(8-24-15)14(26)9-25-17(27)16(21)22;17-12-5-11(1-2-13(12)18)16(3-4-16)6-15-20-8-10(9-21-15)14(22)7-19/h1-2,5,7-8,16H,3-4,6,9H2,(H,25,27);1-2,5,8-9H,3-4,6-7,19H2. The first-order valence-corrected chi connectivity index (χ1v) is 16.0. The highest BCUT2D eigenvalue weighted by atomic mass is 35.5. The fraction of sp³-hybridized carbons (Fsp3) is 0.324. The van der Waals surface area contributed by atoms with Gasteiger partial charge in [-0.2, -0.15) is 8.78 Å². The van der Waals surface area contributed by atoms with Gasteiger partial charge in [0.1, 0.15) is 23.3 Å². The zero-order valence-electron chi connectivity index (χ0n) is 25.9. The van der Waals surface area contributed by atoms with E-state index in [0.717, 1.165) is 36.8 Å². The quantitative estimate of drug-likeness (QED) is 0.139. The third-order valence-electron chi connectivity index (χ3n) is 8.63. The van der Waals surface area contributed by atoms with Crippen LogP contribution in [-0.2, 0) is 28.5 Å². The van der Waals surface area contributed by atoms with E-state index in [1.165, 1.54) is 36.9 Å². The number of nitrogens with one attached hydrogen (secondary N) is 1. The van der Waals surface area contributed by atoms with Crippen molar-refractivity contribution in [2.24, 2.45) is 5.73 Å². The van der Waals surface area contributed by atoms with Crippen molar-refractivity contribution in [3.8, 4) is 0 Å². The van der Waals surface area contributed by atoms with E-state index in [1.54, 1.807) is 24.3 Å². The van der Waals surface area contributed by atoms with Gasteiger partial charge in [-0.1, -0.05) is 35.3 Å². The van der Waals surface area contributed by atoms with Gasteiger partial charge in [-0.25, -0.2) is 28.7 Å². The minimum Gasteiger partial charge on any atom is -0.344 e.